The summed E-state index contributed by atoms with van der Waals surface area (Å²) in [5, 5.41) is 5.54. The molecule has 5 fully saturated rings. The number of likely N-dealkylation sites (tertiary alicyclic amines) is 2. The van der Waals surface area contributed by atoms with Crippen LogP contribution in [0, 0.1) is 29.1 Å². The fraction of sp³-hybridized carbons (Fsp3) is 0.491. The molecule has 4 heterocycles. The van der Waals surface area contributed by atoms with Crippen LogP contribution in [0.3, 0.4) is 0 Å². The number of H-pyrrole nitrogens is 2. The van der Waals surface area contributed by atoms with Crippen molar-refractivity contribution in [3.63, 3.8) is 0 Å². The topological polar surface area (TPSA) is 175 Å². The van der Waals surface area contributed by atoms with E-state index in [0.717, 1.165) is 78.3 Å². The molecule has 69 heavy (non-hydrogen) atoms. The number of methoxy groups -OCH3 is 2. The second kappa shape index (κ2) is 17.5. The van der Waals surface area contributed by atoms with E-state index in [2.05, 4.69) is 81.3 Å². The van der Waals surface area contributed by atoms with E-state index in [4.69, 9.17) is 19.4 Å². The van der Waals surface area contributed by atoms with Gasteiger partial charge in [-0.15, -0.1) is 0 Å². The molecule has 4 N–H and O–H groups in total. The SMILES string of the molecule is COC(=O)N[C@H](C(=O)N1C2CC2C[C@H]1c1ncc(-c2ccc(-c3cc4c(c(-c5ccc(-c6cnc([C@@H]7CC8CC8N7C(=O)[C@@H](NC(=O)OC)C(C)C)[nH]6)cc5)c3)CC3(CCCC3)C4)cc2)[nH]1)C(C)C. The fourth-order valence-electron chi connectivity index (χ4n) is 12.6. The zero-order chi connectivity index (χ0) is 47.9. The predicted octanol–water partition coefficient (Wildman–Crippen LogP) is 9.54. The number of carbonyl (C=O) groups excluding carboxylic acids is 4. The Bertz CT molecular complexity index is 2790. The number of nitrogens with one attached hydrogen (secondary N) is 4. The molecule has 3 aromatic carbocycles. The Morgan fingerprint density at radius 3 is 1.55 bits per heavy atom. The average Bonchev–Trinajstić information content (AvgIpc) is 3.80. The van der Waals surface area contributed by atoms with Crippen molar-refractivity contribution in [1.29, 1.82) is 0 Å². The van der Waals surface area contributed by atoms with Gasteiger partial charge in [0.05, 0.1) is 50.1 Å². The van der Waals surface area contributed by atoms with Crippen LogP contribution in [0.2, 0.25) is 0 Å². The van der Waals surface area contributed by atoms with E-state index in [9.17, 15) is 19.2 Å². The number of carbonyl (C=O) groups is 4. The third kappa shape index (κ3) is 8.26. The van der Waals surface area contributed by atoms with Gasteiger partial charge in [-0.2, -0.15) is 0 Å². The van der Waals surface area contributed by atoms with Gasteiger partial charge in [-0.05, 0) is 131 Å². The van der Waals surface area contributed by atoms with Gasteiger partial charge in [-0.3, -0.25) is 9.59 Å². The minimum Gasteiger partial charge on any atom is -0.453 e. The van der Waals surface area contributed by atoms with Crippen molar-refractivity contribution in [1.82, 2.24) is 40.4 Å². The lowest BCUT2D eigenvalue weighted by molar-refractivity contribution is -0.137. The monoisotopic (exact) mass is 932 g/mol. The molecule has 3 saturated carbocycles. The molecule has 1 spiro atoms. The number of aromatic nitrogens is 4. The van der Waals surface area contributed by atoms with Gasteiger partial charge in [0.25, 0.3) is 0 Å². The minimum absolute atomic E-state index is 0.0868. The van der Waals surface area contributed by atoms with Crippen LogP contribution in [0.5, 0.6) is 0 Å². The number of alkyl carbamates (subject to hydrolysis) is 2. The maximum absolute atomic E-state index is 14.0. The second-order valence-electron chi connectivity index (χ2n) is 21.6. The van der Waals surface area contributed by atoms with Crippen LogP contribution in [0.4, 0.5) is 9.59 Å². The fourth-order valence-corrected chi connectivity index (χ4v) is 12.6. The number of hydrogen-bond donors (Lipinski definition) is 4. The molecule has 11 rings (SSSR count). The highest BCUT2D eigenvalue weighted by molar-refractivity contribution is 5.88. The summed E-state index contributed by atoms with van der Waals surface area (Å²) in [6.45, 7) is 7.75. The molecule has 0 radical (unpaired) electrons. The van der Waals surface area contributed by atoms with Gasteiger partial charge in [0.15, 0.2) is 0 Å². The standard InChI is InChI=1S/C55H64N8O6/c1-29(2)47(60-53(66)68-5)51(64)62-43-21-36(43)23-45(62)49-56-27-41(58-49)33-13-9-31(10-14-33)35-19-38-25-55(17-7-8-18-55)26-40(38)39(20-35)32-11-15-34(16-12-32)42-28-57-50(59-42)46-24-37-22-44(37)63(46)52(65)48(30(3)4)61-54(67)69-6/h9-16,19-20,27-30,36-37,43-48H,7-8,17-18,21-26H2,1-6H3,(H,56,58)(H,57,59)(H,60,66)(H,61,67)/t36?,37?,43?,44?,45-,46-,47-,48-/m0/s1. The number of rotatable bonds is 12. The Kier molecular flexibility index (Phi) is 11.4. The zero-order valence-electron chi connectivity index (χ0n) is 40.5. The Labute approximate surface area is 403 Å². The van der Waals surface area contributed by atoms with Crippen LogP contribution < -0.4 is 10.6 Å². The summed E-state index contributed by atoms with van der Waals surface area (Å²) >= 11 is 0. The molecule has 6 aliphatic rings. The maximum Gasteiger partial charge on any atom is 0.407 e. The van der Waals surface area contributed by atoms with Gasteiger partial charge in [0.1, 0.15) is 23.7 Å². The van der Waals surface area contributed by atoms with Gasteiger partial charge in [-0.25, -0.2) is 19.6 Å². The summed E-state index contributed by atoms with van der Waals surface area (Å²) in [6.07, 6.45) is 13.6. The summed E-state index contributed by atoms with van der Waals surface area (Å²) in [5.74, 6) is 2.07. The normalized spacial score (nSPS) is 24.5. The highest BCUT2D eigenvalue weighted by atomic mass is 16.5. The van der Waals surface area contributed by atoms with Crippen molar-refractivity contribution in [2.45, 2.75) is 128 Å². The van der Waals surface area contributed by atoms with Gasteiger partial charge in [0, 0.05) is 12.1 Å². The Morgan fingerprint density at radius 1 is 0.623 bits per heavy atom. The van der Waals surface area contributed by atoms with E-state index < -0.39 is 24.3 Å². The molecule has 2 saturated heterocycles. The minimum atomic E-state index is -0.677. The largest absolute Gasteiger partial charge is 0.453 e. The van der Waals surface area contributed by atoms with Crippen LogP contribution in [0.1, 0.15) is 114 Å². The maximum atomic E-state index is 14.0. The summed E-state index contributed by atoms with van der Waals surface area (Å²) in [7, 11) is 2.63. The molecule has 14 nitrogen and oxygen atoms in total. The van der Waals surface area contributed by atoms with Crippen molar-refractivity contribution in [3.05, 3.63) is 95.8 Å². The lowest BCUT2D eigenvalue weighted by Gasteiger charge is -2.31. The second-order valence-corrected chi connectivity index (χ2v) is 21.6. The van der Waals surface area contributed by atoms with Gasteiger partial charge in [-0.1, -0.05) is 95.1 Å². The molecular weight excluding hydrogens is 869 g/mol. The van der Waals surface area contributed by atoms with Crippen LogP contribution in [0.25, 0.3) is 44.8 Å². The third-order valence-corrected chi connectivity index (χ3v) is 16.5. The first-order valence-corrected chi connectivity index (χ1v) is 25.1. The quantitative estimate of drug-likeness (QED) is 0.0957. The number of nitrogens with zero attached hydrogens (tertiary/aromatic N) is 4. The van der Waals surface area contributed by atoms with E-state index in [1.165, 1.54) is 67.7 Å². The molecule has 8 atom stereocenters. The number of aromatic amines is 2. The predicted molar refractivity (Wildman–Crippen MR) is 261 cm³/mol. The number of imidazole rings is 2. The van der Waals surface area contributed by atoms with E-state index in [1.807, 2.05) is 49.9 Å². The molecule has 4 unspecified atom stereocenters. The zero-order valence-corrected chi connectivity index (χ0v) is 40.5. The average molecular weight is 933 g/mol. The highest BCUT2D eigenvalue weighted by Crippen LogP contribution is 2.55. The number of amides is 4. The number of ether oxygens (including phenoxy) is 2. The van der Waals surface area contributed by atoms with Crippen molar-refractivity contribution >= 4 is 24.0 Å². The number of benzene rings is 3. The molecule has 4 aliphatic carbocycles. The molecule has 14 heteroatoms. The van der Waals surface area contributed by atoms with Gasteiger partial charge in [0.2, 0.25) is 11.8 Å². The van der Waals surface area contributed by atoms with Crippen molar-refractivity contribution in [3.8, 4) is 44.8 Å². The first-order valence-electron chi connectivity index (χ1n) is 25.1. The van der Waals surface area contributed by atoms with Crippen molar-refractivity contribution < 1.29 is 28.7 Å². The molecule has 360 valence electrons. The molecule has 0 bridgehead atoms. The Balaban J connectivity index is 0.831. The molecule has 2 aromatic heterocycles. The Hall–Kier alpha value is -6.44. The summed E-state index contributed by atoms with van der Waals surface area (Å²) in [5.41, 5.74) is 12.0. The van der Waals surface area contributed by atoms with Crippen molar-refractivity contribution in [2.75, 3.05) is 14.2 Å². The summed E-state index contributed by atoms with van der Waals surface area (Å²) < 4.78 is 9.70. The summed E-state index contributed by atoms with van der Waals surface area (Å²) in [6, 6.07) is 21.0. The van der Waals surface area contributed by atoms with Crippen LogP contribution >= 0.6 is 0 Å². The first kappa shape index (κ1) is 45.0. The molecule has 2 aliphatic heterocycles. The Morgan fingerprint density at radius 2 is 1.09 bits per heavy atom. The lowest BCUT2D eigenvalue weighted by atomic mass is 9.83. The summed E-state index contributed by atoms with van der Waals surface area (Å²) in [4.78, 5) is 73.0. The smallest absolute Gasteiger partial charge is 0.407 e. The third-order valence-electron chi connectivity index (χ3n) is 16.5. The molecule has 4 amide bonds. The van der Waals surface area contributed by atoms with Crippen LogP contribution in [0.15, 0.2) is 73.1 Å². The van der Waals surface area contributed by atoms with Gasteiger partial charge < -0.3 is 39.9 Å². The lowest BCUT2D eigenvalue weighted by Crippen LogP contribution is -2.52. The number of piperidine rings is 2. The van der Waals surface area contributed by atoms with Crippen molar-refractivity contribution in [2.24, 2.45) is 29.1 Å². The first-order chi connectivity index (χ1) is 33.3. The number of fused-ring (bicyclic) bond motifs is 3. The molecule has 5 aromatic rings. The van der Waals surface area contributed by atoms with E-state index in [-0.39, 0.29) is 47.8 Å². The van der Waals surface area contributed by atoms with E-state index in [1.54, 1.807) is 0 Å². The van der Waals surface area contributed by atoms with Gasteiger partial charge >= 0.3 is 12.2 Å². The molecular formula is C55H64N8O6. The number of hydrogen-bond acceptors (Lipinski definition) is 8. The van der Waals surface area contributed by atoms with Crippen LogP contribution in [-0.4, -0.2) is 92.1 Å². The van der Waals surface area contributed by atoms with E-state index in [0.29, 0.717) is 17.3 Å². The van der Waals surface area contributed by atoms with Crippen LogP contribution in [-0.2, 0) is 31.9 Å². The van der Waals surface area contributed by atoms with E-state index >= 15 is 0 Å². The highest BCUT2D eigenvalue weighted by Gasteiger charge is 2.57.